The third-order valence-electron chi connectivity index (χ3n) is 7.25. The molecular weight excluding hydrogens is 486 g/mol. The van der Waals surface area contributed by atoms with Gasteiger partial charge in [-0.1, -0.05) is 112 Å². The molecule has 0 fully saturated rings. The van der Waals surface area contributed by atoms with Crippen LogP contribution in [0.25, 0.3) is 16.7 Å². The summed E-state index contributed by atoms with van der Waals surface area (Å²) in [6.07, 6.45) is 11.7. The van der Waals surface area contributed by atoms with Crippen LogP contribution in [0.2, 0.25) is 0 Å². The smallest absolute Gasteiger partial charge is 0.328 e. The maximum atomic E-state index is 13.5. The van der Waals surface area contributed by atoms with Gasteiger partial charge in [-0.25, -0.2) is 0 Å². The van der Waals surface area contributed by atoms with E-state index in [9.17, 15) is 14.9 Å². The minimum atomic E-state index is -1.56. The molecule has 0 bridgehead atoms. The van der Waals surface area contributed by atoms with Crippen LogP contribution in [0.1, 0.15) is 77.7 Å². The number of unbranched alkanes of at least 4 members (excludes halogenated alkanes) is 3. The van der Waals surface area contributed by atoms with E-state index >= 15 is 0 Å². The average Bonchev–Trinajstić information content (AvgIpc) is 2.97. The second-order valence-corrected chi connectivity index (χ2v) is 10.4. The molecule has 1 aliphatic rings. The Labute approximate surface area is 233 Å². The molecule has 0 radical (unpaired) electrons. The van der Waals surface area contributed by atoms with E-state index in [0.717, 1.165) is 60.8 Å². The van der Waals surface area contributed by atoms with E-state index in [2.05, 4.69) is 37.3 Å². The Morgan fingerprint density at radius 2 is 1.59 bits per heavy atom. The van der Waals surface area contributed by atoms with Gasteiger partial charge in [0.1, 0.15) is 6.61 Å². The molecule has 0 heterocycles. The Kier molecular flexibility index (Phi) is 11.6. The quantitative estimate of drug-likeness (QED) is 0.141. The van der Waals surface area contributed by atoms with Crippen molar-refractivity contribution in [3.05, 3.63) is 78.4 Å². The lowest BCUT2D eigenvalue weighted by Crippen LogP contribution is -2.42. The van der Waals surface area contributed by atoms with Crippen molar-refractivity contribution in [3.63, 3.8) is 0 Å². The van der Waals surface area contributed by atoms with Gasteiger partial charge in [0.05, 0.1) is 18.1 Å². The molecule has 0 aliphatic heterocycles. The molecule has 0 saturated carbocycles. The van der Waals surface area contributed by atoms with Crippen LogP contribution in [0.5, 0.6) is 0 Å². The van der Waals surface area contributed by atoms with Crippen molar-refractivity contribution >= 4 is 17.5 Å². The highest BCUT2D eigenvalue weighted by Gasteiger charge is 2.48. The molecule has 3 rings (SSSR count). The standard InChI is InChI=1S/C34H41NO4/c1-4-6-7-9-13-26(3)39-33(37)34(32(36)38-25-27(24-35)12-5-2)22-20-31(21-23-34)30-18-16-29(17-19-30)28-14-10-8-11-15-28/h8,10-11,14-22,26-27H,4-7,9,12-13,23,25H2,1-3H3/t26-,27+,34?/m0/s1. The van der Waals surface area contributed by atoms with Gasteiger partial charge in [-0.15, -0.1) is 0 Å². The van der Waals surface area contributed by atoms with E-state index in [4.69, 9.17) is 9.47 Å². The predicted molar refractivity (Wildman–Crippen MR) is 155 cm³/mol. The number of allylic oxidation sites excluding steroid dienone is 3. The molecule has 39 heavy (non-hydrogen) atoms. The Morgan fingerprint density at radius 3 is 2.21 bits per heavy atom. The van der Waals surface area contributed by atoms with Crippen molar-refractivity contribution < 1.29 is 19.1 Å². The Bertz CT molecular complexity index is 1180. The summed E-state index contributed by atoms with van der Waals surface area (Å²) in [5.41, 5.74) is 2.63. The molecule has 3 atom stereocenters. The number of carbonyl (C=O) groups is 2. The number of esters is 2. The normalized spacial score (nSPS) is 17.9. The monoisotopic (exact) mass is 527 g/mol. The molecule has 1 aliphatic carbocycles. The van der Waals surface area contributed by atoms with Crippen molar-refractivity contribution in [1.82, 2.24) is 0 Å². The fourth-order valence-electron chi connectivity index (χ4n) is 4.77. The third kappa shape index (κ3) is 8.17. The second kappa shape index (κ2) is 15.1. The van der Waals surface area contributed by atoms with Gasteiger partial charge in [-0.2, -0.15) is 5.26 Å². The molecule has 2 aromatic carbocycles. The number of hydrogen-bond acceptors (Lipinski definition) is 5. The summed E-state index contributed by atoms with van der Waals surface area (Å²) < 4.78 is 11.4. The molecule has 2 aromatic rings. The lowest BCUT2D eigenvalue weighted by atomic mass is 9.78. The van der Waals surface area contributed by atoms with Crippen molar-refractivity contribution in [1.29, 1.82) is 5.26 Å². The van der Waals surface area contributed by atoms with E-state index in [1.54, 1.807) is 6.08 Å². The van der Waals surface area contributed by atoms with Crippen molar-refractivity contribution in [2.75, 3.05) is 6.61 Å². The summed E-state index contributed by atoms with van der Waals surface area (Å²) in [5, 5.41) is 9.39. The van der Waals surface area contributed by atoms with Gasteiger partial charge in [-0.3, -0.25) is 9.59 Å². The molecule has 5 nitrogen and oxygen atoms in total. The van der Waals surface area contributed by atoms with E-state index in [-0.39, 0.29) is 19.1 Å². The van der Waals surface area contributed by atoms with Gasteiger partial charge in [0.25, 0.3) is 0 Å². The zero-order valence-corrected chi connectivity index (χ0v) is 23.5. The molecule has 0 aromatic heterocycles. The Hall–Kier alpha value is -3.65. The first-order chi connectivity index (χ1) is 18.9. The minimum Gasteiger partial charge on any atom is -0.463 e. The summed E-state index contributed by atoms with van der Waals surface area (Å²) in [6, 6.07) is 20.6. The minimum absolute atomic E-state index is 0.0316. The fraction of sp³-hybridized carbons (Fsp3) is 0.441. The lowest BCUT2D eigenvalue weighted by Gasteiger charge is -2.30. The van der Waals surface area contributed by atoms with Gasteiger partial charge in [0.2, 0.25) is 0 Å². The predicted octanol–water partition coefficient (Wildman–Crippen LogP) is 8.07. The molecule has 0 saturated heterocycles. The molecule has 0 amide bonds. The summed E-state index contributed by atoms with van der Waals surface area (Å²) in [6.45, 7) is 5.98. The third-order valence-corrected chi connectivity index (χ3v) is 7.25. The highest BCUT2D eigenvalue weighted by atomic mass is 16.6. The first-order valence-corrected chi connectivity index (χ1v) is 14.3. The van der Waals surface area contributed by atoms with Crippen molar-refractivity contribution in [3.8, 4) is 17.2 Å². The summed E-state index contributed by atoms with van der Waals surface area (Å²) in [7, 11) is 0. The zero-order chi connectivity index (χ0) is 28.1. The highest BCUT2D eigenvalue weighted by molar-refractivity contribution is 6.04. The van der Waals surface area contributed by atoms with Gasteiger partial charge in [0, 0.05) is 0 Å². The van der Waals surface area contributed by atoms with Crippen LogP contribution < -0.4 is 0 Å². The molecule has 0 N–H and O–H groups in total. The fourth-order valence-corrected chi connectivity index (χ4v) is 4.77. The SMILES string of the molecule is CCCCCC[C@H](C)OC(=O)C1(C(=O)OC[C@@H](C#N)CCC)C=CC(c2ccc(-c3ccccc3)cc2)=CC1. The van der Waals surface area contributed by atoms with Crippen LogP contribution in [0.15, 0.2) is 72.8 Å². The maximum absolute atomic E-state index is 13.5. The van der Waals surface area contributed by atoms with Crippen molar-refractivity contribution in [2.24, 2.45) is 11.3 Å². The summed E-state index contributed by atoms with van der Waals surface area (Å²) in [5.74, 6) is -1.65. The van der Waals surface area contributed by atoms with Gasteiger partial charge in [0.15, 0.2) is 5.41 Å². The summed E-state index contributed by atoms with van der Waals surface area (Å²) >= 11 is 0. The topological polar surface area (TPSA) is 76.4 Å². The molecule has 0 spiro atoms. The first kappa shape index (κ1) is 29.9. The number of carbonyl (C=O) groups excluding carboxylic acids is 2. The lowest BCUT2D eigenvalue weighted by molar-refractivity contribution is -0.171. The van der Waals surface area contributed by atoms with Crippen LogP contribution in [0, 0.1) is 22.7 Å². The largest absolute Gasteiger partial charge is 0.463 e. The van der Waals surface area contributed by atoms with Crippen LogP contribution in [-0.4, -0.2) is 24.6 Å². The number of benzene rings is 2. The van der Waals surface area contributed by atoms with Gasteiger partial charge < -0.3 is 9.47 Å². The number of ether oxygens (including phenoxy) is 2. The second-order valence-electron chi connectivity index (χ2n) is 10.4. The van der Waals surface area contributed by atoms with E-state index < -0.39 is 23.3 Å². The highest BCUT2D eigenvalue weighted by Crippen LogP contribution is 2.37. The van der Waals surface area contributed by atoms with Gasteiger partial charge in [-0.05, 0) is 54.9 Å². The Balaban J connectivity index is 1.76. The van der Waals surface area contributed by atoms with Gasteiger partial charge >= 0.3 is 11.9 Å². The molecule has 5 heteroatoms. The van der Waals surface area contributed by atoms with Crippen LogP contribution >= 0.6 is 0 Å². The zero-order valence-electron chi connectivity index (χ0n) is 23.5. The number of nitriles is 1. The molecule has 1 unspecified atom stereocenters. The van der Waals surface area contributed by atoms with Crippen molar-refractivity contribution in [2.45, 2.75) is 78.2 Å². The Morgan fingerprint density at radius 1 is 0.897 bits per heavy atom. The van der Waals surface area contributed by atoms with Crippen LogP contribution in [0.3, 0.4) is 0 Å². The average molecular weight is 528 g/mol. The van der Waals surface area contributed by atoms with E-state index in [1.165, 1.54) is 0 Å². The van der Waals surface area contributed by atoms with E-state index in [0.29, 0.717) is 6.42 Å². The van der Waals surface area contributed by atoms with E-state index in [1.807, 2.05) is 56.3 Å². The number of hydrogen-bond donors (Lipinski definition) is 0. The number of rotatable bonds is 14. The number of nitrogens with zero attached hydrogens (tertiary/aromatic N) is 1. The molecular formula is C34H41NO4. The van der Waals surface area contributed by atoms with Crippen LogP contribution in [0.4, 0.5) is 0 Å². The van der Waals surface area contributed by atoms with Crippen LogP contribution in [-0.2, 0) is 19.1 Å². The summed E-state index contributed by atoms with van der Waals surface area (Å²) in [4.78, 5) is 26.9. The maximum Gasteiger partial charge on any atom is 0.328 e. The first-order valence-electron chi connectivity index (χ1n) is 14.3. The molecule has 206 valence electrons.